The molecule has 6 nitrogen and oxygen atoms in total. The molecule has 0 aliphatic carbocycles. The number of H-pyrrole nitrogens is 1. The number of aliphatic hydroxyl groups excluding tert-OH is 1. The molecule has 1 aliphatic heterocycles. The maximum Gasteiger partial charge on any atom is 0.175 e. The average Bonchev–Trinajstić information content (AvgIpc) is 2.84. The third-order valence-corrected chi connectivity index (χ3v) is 3.11. The number of nitrogens with zero attached hydrogens (tertiary/aromatic N) is 3. The highest BCUT2D eigenvalue weighted by atomic mass is 16.3. The van der Waals surface area contributed by atoms with E-state index in [9.17, 15) is 5.11 Å². The number of nitrogens with one attached hydrogen (secondary N) is 2. The number of aryl methyl sites for hydroxylation is 1. The molecular weight excluding hydrogens is 218 g/mol. The molecule has 1 aliphatic rings. The van der Waals surface area contributed by atoms with Crippen molar-refractivity contribution < 1.29 is 5.11 Å². The minimum atomic E-state index is -0.479. The molecule has 6 heteroatoms. The van der Waals surface area contributed by atoms with Crippen molar-refractivity contribution in [2.24, 2.45) is 0 Å². The summed E-state index contributed by atoms with van der Waals surface area (Å²) in [6.45, 7) is 5.19. The molecular formula is C11H15N5O. The predicted molar refractivity (Wildman–Crippen MR) is 61.9 cm³/mol. The molecule has 0 saturated carbocycles. The van der Waals surface area contributed by atoms with Crippen LogP contribution in [0.1, 0.15) is 28.7 Å². The third kappa shape index (κ3) is 1.57. The average molecular weight is 233 g/mol. The molecule has 17 heavy (non-hydrogen) atoms. The first-order chi connectivity index (χ1) is 8.16. The van der Waals surface area contributed by atoms with Crippen LogP contribution in [0, 0.1) is 13.8 Å². The van der Waals surface area contributed by atoms with E-state index < -0.39 is 6.10 Å². The summed E-state index contributed by atoms with van der Waals surface area (Å²) in [6.07, 6.45) is -0.479. The molecule has 3 heterocycles. The van der Waals surface area contributed by atoms with Crippen molar-refractivity contribution in [3.05, 3.63) is 28.7 Å². The first kappa shape index (κ1) is 10.5. The van der Waals surface area contributed by atoms with E-state index in [-0.39, 0.29) is 0 Å². The summed E-state index contributed by atoms with van der Waals surface area (Å²) in [6, 6.07) is 1.94. The van der Waals surface area contributed by atoms with E-state index in [1.165, 1.54) is 0 Å². The number of hydrogen-bond donors (Lipinski definition) is 3. The van der Waals surface area contributed by atoms with Crippen LogP contribution < -0.4 is 5.32 Å². The number of aliphatic hydroxyl groups is 1. The minimum Gasteiger partial charge on any atom is -0.387 e. The Balaban J connectivity index is 2.13. The third-order valence-electron chi connectivity index (χ3n) is 3.11. The van der Waals surface area contributed by atoms with Gasteiger partial charge < -0.3 is 10.4 Å². The summed E-state index contributed by atoms with van der Waals surface area (Å²) in [5.41, 5.74) is 3.79. The summed E-state index contributed by atoms with van der Waals surface area (Å²) in [5, 5.41) is 24.7. The highest BCUT2D eigenvalue weighted by Gasteiger charge is 2.25. The van der Waals surface area contributed by atoms with E-state index in [0.717, 1.165) is 28.5 Å². The zero-order valence-corrected chi connectivity index (χ0v) is 9.86. The number of aromatic amines is 1. The van der Waals surface area contributed by atoms with Crippen molar-refractivity contribution in [1.82, 2.24) is 25.3 Å². The van der Waals surface area contributed by atoms with E-state index in [4.69, 9.17) is 0 Å². The van der Waals surface area contributed by atoms with Gasteiger partial charge in [0.2, 0.25) is 0 Å². The van der Waals surface area contributed by atoms with Gasteiger partial charge in [-0.2, -0.15) is 10.2 Å². The summed E-state index contributed by atoms with van der Waals surface area (Å²) < 4.78 is 1.78. The highest BCUT2D eigenvalue weighted by molar-refractivity contribution is 5.36. The number of hydrogen-bond acceptors (Lipinski definition) is 4. The maximum atomic E-state index is 9.96. The van der Waals surface area contributed by atoms with Crippen molar-refractivity contribution in [2.45, 2.75) is 26.5 Å². The Morgan fingerprint density at radius 3 is 2.94 bits per heavy atom. The number of aromatic nitrogens is 4. The van der Waals surface area contributed by atoms with Gasteiger partial charge in [0, 0.05) is 36.1 Å². The van der Waals surface area contributed by atoms with E-state index in [1.54, 1.807) is 4.68 Å². The van der Waals surface area contributed by atoms with Crippen molar-refractivity contribution >= 4 is 0 Å². The molecule has 0 saturated heterocycles. The van der Waals surface area contributed by atoms with Crippen LogP contribution in [-0.2, 0) is 6.54 Å². The van der Waals surface area contributed by atoms with Gasteiger partial charge in [0.05, 0.1) is 11.8 Å². The van der Waals surface area contributed by atoms with Crippen LogP contribution in [-0.4, -0.2) is 31.6 Å². The summed E-state index contributed by atoms with van der Waals surface area (Å²) >= 11 is 0. The molecule has 0 aromatic carbocycles. The monoisotopic (exact) mass is 233 g/mol. The van der Waals surface area contributed by atoms with Gasteiger partial charge in [0.15, 0.2) is 5.82 Å². The molecule has 2 aromatic rings. The Labute approximate surface area is 98.7 Å². The van der Waals surface area contributed by atoms with E-state index in [1.807, 2.05) is 19.9 Å². The lowest BCUT2D eigenvalue weighted by atomic mass is 10.0. The van der Waals surface area contributed by atoms with E-state index in [0.29, 0.717) is 13.1 Å². The Hall–Kier alpha value is -1.66. The fraction of sp³-hybridized carbons (Fsp3) is 0.455. The van der Waals surface area contributed by atoms with Gasteiger partial charge in [0.1, 0.15) is 0 Å². The SMILES string of the molecule is Cc1cc(-n2nc3c(c2C)C(O)CNC3)n[nH]1. The molecule has 90 valence electrons. The summed E-state index contributed by atoms with van der Waals surface area (Å²) in [5.74, 6) is 0.765. The van der Waals surface area contributed by atoms with Crippen molar-refractivity contribution in [1.29, 1.82) is 0 Å². The van der Waals surface area contributed by atoms with Gasteiger partial charge >= 0.3 is 0 Å². The van der Waals surface area contributed by atoms with Crippen LogP contribution in [0.4, 0.5) is 0 Å². The molecule has 0 radical (unpaired) electrons. The molecule has 0 bridgehead atoms. The first-order valence-corrected chi connectivity index (χ1v) is 5.66. The van der Waals surface area contributed by atoms with Crippen LogP contribution in [0.2, 0.25) is 0 Å². The fourth-order valence-corrected chi connectivity index (χ4v) is 2.30. The van der Waals surface area contributed by atoms with Crippen LogP contribution in [0.3, 0.4) is 0 Å². The van der Waals surface area contributed by atoms with Crippen LogP contribution >= 0.6 is 0 Å². The van der Waals surface area contributed by atoms with Crippen LogP contribution in [0.25, 0.3) is 5.82 Å². The smallest absolute Gasteiger partial charge is 0.175 e. The van der Waals surface area contributed by atoms with Crippen molar-refractivity contribution in [3.8, 4) is 5.82 Å². The van der Waals surface area contributed by atoms with E-state index in [2.05, 4.69) is 20.6 Å². The van der Waals surface area contributed by atoms with E-state index >= 15 is 0 Å². The Morgan fingerprint density at radius 1 is 1.47 bits per heavy atom. The summed E-state index contributed by atoms with van der Waals surface area (Å²) in [7, 11) is 0. The lowest BCUT2D eigenvalue weighted by Crippen LogP contribution is -2.27. The van der Waals surface area contributed by atoms with Gasteiger partial charge in [-0.25, -0.2) is 4.68 Å². The summed E-state index contributed by atoms with van der Waals surface area (Å²) in [4.78, 5) is 0. The Bertz CT molecular complexity index is 556. The first-order valence-electron chi connectivity index (χ1n) is 5.66. The molecule has 1 unspecified atom stereocenters. The lowest BCUT2D eigenvalue weighted by Gasteiger charge is -2.18. The zero-order chi connectivity index (χ0) is 12.0. The maximum absolute atomic E-state index is 9.96. The topological polar surface area (TPSA) is 78.8 Å². The standard InChI is InChI=1S/C11H15N5O/c1-6-3-10(14-13-6)16-7(2)11-8(15-16)4-12-5-9(11)17/h3,9,12,17H,4-5H2,1-2H3,(H,13,14). The molecule has 3 N–H and O–H groups in total. The fourth-order valence-electron chi connectivity index (χ4n) is 2.30. The van der Waals surface area contributed by atoms with Gasteiger partial charge in [0.25, 0.3) is 0 Å². The molecule has 1 atom stereocenters. The quantitative estimate of drug-likeness (QED) is 0.664. The lowest BCUT2D eigenvalue weighted by molar-refractivity contribution is 0.164. The normalized spacial score (nSPS) is 19.4. The molecule has 0 spiro atoms. The number of β-amino-alcohol motifs (C(OH)–C–C–N with tert-alkyl or cyclic N) is 1. The zero-order valence-electron chi connectivity index (χ0n) is 9.86. The molecule has 0 amide bonds. The number of rotatable bonds is 1. The largest absolute Gasteiger partial charge is 0.387 e. The predicted octanol–water partition coefficient (Wildman–Crippen LogP) is 0.349. The molecule has 0 fully saturated rings. The molecule has 2 aromatic heterocycles. The number of fused-ring (bicyclic) bond motifs is 1. The second-order valence-corrected chi connectivity index (χ2v) is 4.41. The Kier molecular flexibility index (Phi) is 2.27. The van der Waals surface area contributed by atoms with Crippen molar-refractivity contribution in [2.75, 3.05) is 6.54 Å². The van der Waals surface area contributed by atoms with Crippen molar-refractivity contribution in [3.63, 3.8) is 0 Å². The van der Waals surface area contributed by atoms with Gasteiger partial charge in [-0.15, -0.1) is 0 Å². The van der Waals surface area contributed by atoms with Gasteiger partial charge in [-0.05, 0) is 13.8 Å². The van der Waals surface area contributed by atoms with Gasteiger partial charge in [-0.3, -0.25) is 5.10 Å². The minimum absolute atomic E-state index is 0.479. The van der Waals surface area contributed by atoms with Gasteiger partial charge in [-0.1, -0.05) is 0 Å². The second-order valence-electron chi connectivity index (χ2n) is 4.41. The second kappa shape index (κ2) is 3.68. The molecule has 3 rings (SSSR count). The van der Waals surface area contributed by atoms with Crippen LogP contribution in [0.5, 0.6) is 0 Å². The highest BCUT2D eigenvalue weighted by Crippen LogP contribution is 2.26. The van der Waals surface area contributed by atoms with Crippen LogP contribution in [0.15, 0.2) is 6.07 Å². The Morgan fingerprint density at radius 2 is 2.29 bits per heavy atom.